The van der Waals surface area contributed by atoms with Crippen LogP contribution in [0.5, 0.6) is 11.5 Å². The van der Waals surface area contributed by atoms with Crippen molar-refractivity contribution in [2.24, 2.45) is 0 Å². The van der Waals surface area contributed by atoms with Gasteiger partial charge in [0.25, 0.3) is 5.91 Å². The molecule has 1 amide bonds. The van der Waals surface area contributed by atoms with Gasteiger partial charge < -0.3 is 19.4 Å². The van der Waals surface area contributed by atoms with Crippen molar-refractivity contribution in [1.82, 2.24) is 19.8 Å². The van der Waals surface area contributed by atoms with Crippen molar-refractivity contribution in [2.45, 2.75) is 0 Å². The molecule has 7 nitrogen and oxygen atoms in total. The summed E-state index contributed by atoms with van der Waals surface area (Å²) >= 11 is 0. The Labute approximate surface area is 163 Å². The number of amides is 1. The summed E-state index contributed by atoms with van der Waals surface area (Å²) in [5, 5.41) is 0. The van der Waals surface area contributed by atoms with Crippen LogP contribution in [-0.4, -0.2) is 72.1 Å². The van der Waals surface area contributed by atoms with E-state index >= 15 is 0 Å². The standard InChI is InChI=1S/C21H24N4O3/c1-27-16-4-2-5-17(14-16)28-13-12-24-8-10-25(11-9-24)21(26)20-15-19-18(23-20)6-3-7-22-19/h2-7,14-15,23H,8-13H2,1H3. The number of ether oxygens (including phenoxy) is 2. The fraction of sp³-hybridized carbons (Fsp3) is 0.333. The van der Waals surface area contributed by atoms with Crippen molar-refractivity contribution in [3.8, 4) is 11.5 Å². The molecule has 28 heavy (non-hydrogen) atoms. The molecule has 3 heterocycles. The van der Waals surface area contributed by atoms with Crippen molar-refractivity contribution in [3.63, 3.8) is 0 Å². The zero-order valence-electron chi connectivity index (χ0n) is 15.9. The third-order valence-corrected chi connectivity index (χ3v) is 5.00. The molecule has 1 aromatic carbocycles. The van der Waals surface area contributed by atoms with Crippen LogP contribution in [0.4, 0.5) is 0 Å². The molecule has 146 valence electrons. The summed E-state index contributed by atoms with van der Waals surface area (Å²) in [6.45, 7) is 4.53. The molecule has 4 rings (SSSR count). The number of H-pyrrole nitrogens is 1. The van der Waals surface area contributed by atoms with E-state index in [4.69, 9.17) is 9.47 Å². The van der Waals surface area contributed by atoms with E-state index in [-0.39, 0.29) is 5.91 Å². The highest BCUT2D eigenvalue weighted by Crippen LogP contribution is 2.19. The second kappa shape index (κ2) is 8.31. The molecule has 0 spiro atoms. The average molecular weight is 380 g/mol. The predicted molar refractivity (Wildman–Crippen MR) is 107 cm³/mol. The summed E-state index contributed by atoms with van der Waals surface area (Å²) in [6, 6.07) is 13.2. The first-order valence-electron chi connectivity index (χ1n) is 9.45. The third kappa shape index (κ3) is 4.09. The molecule has 1 aliphatic heterocycles. The Morgan fingerprint density at radius 3 is 2.71 bits per heavy atom. The lowest BCUT2D eigenvalue weighted by molar-refractivity contribution is 0.0615. The second-order valence-corrected chi connectivity index (χ2v) is 6.78. The number of aromatic amines is 1. The summed E-state index contributed by atoms with van der Waals surface area (Å²) < 4.78 is 11.0. The van der Waals surface area contributed by atoms with Gasteiger partial charge in [0.1, 0.15) is 23.8 Å². The van der Waals surface area contributed by atoms with Crippen LogP contribution in [0.1, 0.15) is 10.5 Å². The fourth-order valence-electron chi connectivity index (χ4n) is 3.40. The van der Waals surface area contributed by atoms with E-state index in [0.717, 1.165) is 42.2 Å². The molecule has 7 heteroatoms. The molecule has 1 N–H and O–H groups in total. The number of benzene rings is 1. The molecule has 0 saturated carbocycles. The Bertz CT molecular complexity index is 914. The van der Waals surface area contributed by atoms with Crippen LogP contribution in [0.3, 0.4) is 0 Å². The second-order valence-electron chi connectivity index (χ2n) is 6.78. The van der Waals surface area contributed by atoms with Crippen LogP contribution in [0.25, 0.3) is 11.0 Å². The van der Waals surface area contributed by atoms with Crippen molar-refractivity contribution < 1.29 is 14.3 Å². The molecule has 1 fully saturated rings. The van der Waals surface area contributed by atoms with Gasteiger partial charge in [0.05, 0.1) is 18.1 Å². The van der Waals surface area contributed by atoms with Crippen LogP contribution in [0.2, 0.25) is 0 Å². The summed E-state index contributed by atoms with van der Waals surface area (Å²) in [7, 11) is 1.65. The third-order valence-electron chi connectivity index (χ3n) is 5.00. The average Bonchev–Trinajstić information content (AvgIpc) is 3.18. The molecule has 0 bridgehead atoms. The Hall–Kier alpha value is -3.06. The van der Waals surface area contributed by atoms with Crippen LogP contribution in [0, 0.1) is 0 Å². The van der Waals surface area contributed by atoms with E-state index in [9.17, 15) is 4.79 Å². The first-order valence-corrected chi connectivity index (χ1v) is 9.45. The lowest BCUT2D eigenvalue weighted by atomic mass is 10.2. The number of pyridine rings is 1. The predicted octanol–water partition coefficient (Wildman–Crippen LogP) is 2.41. The van der Waals surface area contributed by atoms with Gasteiger partial charge in [-0.25, -0.2) is 0 Å². The lowest BCUT2D eigenvalue weighted by Gasteiger charge is -2.34. The number of hydrogen-bond acceptors (Lipinski definition) is 5. The van der Waals surface area contributed by atoms with Crippen molar-refractivity contribution >= 4 is 16.9 Å². The summed E-state index contributed by atoms with van der Waals surface area (Å²) in [5.74, 6) is 1.63. The number of hydrogen-bond donors (Lipinski definition) is 1. The Balaban J connectivity index is 1.25. The van der Waals surface area contributed by atoms with Gasteiger partial charge in [-0.15, -0.1) is 0 Å². The molecular weight excluding hydrogens is 356 g/mol. The number of nitrogens with one attached hydrogen (secondary N) is 1. The van der Waals surface area contributed by atoms with Crippen LogP contribution < -0.4 is 9.47 Å². The van der Waals surface area contributed by atoms with Crippen molar-refractivity contribution in [2.75, 3.05) is 46.4 Å². The summed E-state index contributed by atoms with van der Waals surface area (Å²) in [6.07, 6.45) is 1.73. The maximum Gasteiger partial charge on any atom is 0.270 e. The minimum Gasteiger partial charge on any atom is -0.497 e. The van der Waals surface area contributed by atoms with Gasteiger partial charge in [-0.1, -0.05) is 6.07 Å². The van der Waals surface area contributed by atoms with Crippen LogP contribution in [0.15, 0.2) is 48.7 Å². The number of fused-ring (bicyclic) bond motifs is 1. The van der Waals surface area contributed by atoms with Gasteiger partial charge in [0.15, 0.2) is 0 Å². The highest BCUT2D eigenvalue weighted by atomic mass is 16.5. The maximum absolute atomic E-state index is 12.7. The van der Waals surface area contributed by atoms with Crippen LogP contribution >= 0.6 is 0 Å². The van der Waals surface area contributed by atoms with E-state index < -0.39 is 0 Å². The normalized spacial score (nSPS) is 15.0. The molecule has 1 aliphatic rings. The number of rotatable bonds is 6. The first kappa shape index (κ1) is 18.3. The van der Waals surface area contributed by atoms with E-state index in [1.54, 1.807) is 13.3 Å². The van der Waals surface area contributed by atoms with Gasteiger partial charge in [-0.2, -0.15) is 0 Å². The smallest absolute Gasteiger partial charge is 0.270 e. The monoisotopic (exact) mass is 380 g/mol. The van der Waals surface area contributed by atoms with Crippen LogP contribution in [-0.2, 0) is 0 Å². The number of methoxy groups -OCH3 is 1. The molecular formula is C21H24N4O3. The first-order chi connectivity index (χ1) is 13.7. The van der Waals surface area contributed by atoms with E-state index in [0.29, 0.717) is 25.4 Å². The van der Waals surface area contributed by atoms with Gasteiger partial charge in [0.2, 0.25) is 0 Å². The summed E-state index contributed by atoms with van der Waals surface area (Å²) in [5.41, 5.74) is 2.31. The van der Waals surface area contributed by atoms with E-state index in [1.165, 1.54) is 0 Å². The Morgan fingerprint density at radius 2 is 1.93 bits per heavy atom. The van der Waals surface area contributed by atoms with Crippen molar-refractivity contribution in [3.05, 3.63) is 54.4 Å². The number of aromatic nitrogens is 2. The largest absolute Gasteiger partial charge is 0.497 e. The van der Waals surface area contributed by atoms with Crippen molar-refractivity contribution in [1.29, 1.82) is 0 Å². The van der Waals surface area contributed by atoms with Gasteiger partial charge in [0, 0.05) is 45.0 Å². The molecule has 0 unspecified atom stereocenters. The Morgan fingerprint density at radius 1 is 1.11 bits per heavy atom. The number of carbonyl (C=O) groups excluding carboxylic acids is 1. The molecule has 0 atom stereocenters. The van der Waals surface area contributed by atoms with Gasteiger partial charge in [-0.05, 0) is 30.3 Å². The maximum atomic E-state index is 12.7. The SMILES string of the molecule is COc1cccc(OCCN2CCN(C(=O)c3cc4ncccc4[nH]3)CC2)c1. The van der Waals surface area contributed by atoms with Gasteiger partial charge in [-0.3, -0.25) is 14.7 Å². The molecule has 2 aromatic heterocycles. The molecule has 0 radical (unpaired) electrons. The number of nitrogens with zero attached hydrogens (tertiary/aromatic N) is 3. The summed E-state index contributed by atoms with van der Waals surface area (Å²) in [4.78, 5) is 24.4. The topological polar surface area (TPSA) is 70.7 Å². The van der Waals surface area contributed by atoms with E-state index in [1.807, 2.05) is 47.4 Å². The minimum absolute atomic E-state index is 0.0327. The zero-order chi connectivity index (χ0) is 19.3. The fourth-order valence-corrected chi connectivity index (χ4v) is 3.40. The molecule has 3 aromatic rings. The van der Waals surface area contributed by atoms with Gasteiger partial charge >= 0.3 is 0 Å². The quantitative estimate of drug-likeness (QED) is 0.711. The Kier molecular flexibility index (Phi) is 5.43. The highest BCUT2D eigenvalue weighted by molar-refractivity contribution is 5.97. The molecule has 0 aliphatic carbocycles. The molecule has 1 saturated heterocycles. The lowest BCUT2D eigenvalue weighted by Crippen LogP contribution is -2.49. The highest BCUT2D eigenvalue weighted by Gasteiger charge is 2.23. The van der Waals surface area contributed by atoms with E-state index in [2.05, 4.69) is 14.9 Å². The number of piperazine rings is 1. The number of carbonyl (C=O) groups is 1. The minimum atomic E-state index is 0.0327. The zero-order valence-corrected chi connectivity index (χ0v) is 15.9.